The SMILES string of the molecule is CCCCC/C=C\CCCCCCCC(=O)OC[C@H](CO)OC(=O)CCCCCCC/C=C\CCCCC. The summed E-state index contributed by atoms with van der Waals surface area (Å²) in [6, 6.07) is 0. The molecule has 38 heavy (non-hydrogen) atoms. The maximum absolute atomic E-state index is 12.0. The molecule has 0 aliphatic heterocycles. The lowest BCUT2D eigenvalue weighted by Crippen LogP contribution is -2.28. The van der Waals surface area contributed by atoms with Gasteiger partial charge in [-0.25, -0.2) is 0 Å². The van der Waals surface area contributed by atoms with Gasteiger partial charge in [-0.15, -0.1) is 0 Å². The largest absolute Gasteiger partial charge is 0.462 e. The summed E-state index contributed by atoms with van der Waals surface area (Å²) in [4.78, 5) is 24.0. The molecule has 0 saturated carbocycles. The molecule has 0 unspecified atom stereocenters. The molecule has 0 bridgehead atoms. The van der Waals surface area contributed by atoms with Crippen molar-refractivity contribution in [1.29, 1.82) is 0 Å². The van der Waals surface area contributed by atoms with Gasteiger partial charge in [-0.05, 0) is 64.2 Å². The Balaban J connectivity index is 3.62. The molecule has 0 aliphatic carbocycles. The molecule has 0 aliphatic rings. The Morgan fingerprint density at radius 1 is 0.579 bits per heavy atom. The fraction of sp³-hybridized carbons (Fsp3) is 0.818. The number of hydrogen-bond donors (Lipinski definition) is 1. The summed E-state index contributed by atoms with van der Waals surface area (Å²) in [7, 11) is 0. The van der Waals surface area contributed by atoms with Crippen molar-refractivity contribution in [1.82, 2.24) is 0 Å². The van der Waals surface area contributed by atoms with Crippen LogP contribution in [-0.4, -0.2) is 36.4 Å². The molecule has 0 aromatic heterocycles. The highest BCUT2D eigenvalue weighted by atomic mass is 16.6. The number of ether oxygens (including phenoxy) is 2. The number of hydrogen-bond acceptors (Lipinski definition) is 5. The molecule has 5 nitrogen and oxygen atoms in total. The highest BCUT2D eigenvalue weighted by Gasteiger charge is 2.16. The Kier molecular flexibility index (Phi) is 28.7. The van der Waals surface area contributed by atoms with Gasteiger partial charge in [-0.2, -0.15) is 0 Å². The van der Waals surface area contributed by atoms with Crippen LogP contribution in [0.1, 0.15) is 155 Å². The second kappa shape index (κ2) is 29.9. The lowest BCUT2D eigenvalue weighted by molar-refractivity contribution is -0.161. The quantitative estimate of drug-likeness (QED) is 0.0613. The van der Waals surface area contributed by atoms with Crippen LogP contribution in [0, 0.1) is 0 Å². The molecule has 0 aromatic rings. The van der Waals surface area contributed by atoms with E-state index in [0.29, 0.717) is 12.8 Å². The van der Waals surface area contributed by atoms with Gasteiger partial charge in [0, 0.05) is 12.8 Å². The first-order valence-electron chi connectivity index (χ1n) is 15.9. The third-order valence-corrected chi connectivity index (χ3v) is 6.72. The second-order valence-electron chi connectivity index (χ2n) is 10.5. The van der Waals surface area contributed by atoms with E-state index in [1.54, 1.807) is 0 Å². The zero-order valence-electron chi connectivity index (χ0n) is 24.9. The van der Waals surface area contributed by atoms with E-state index in [1.807, 2.05) is 0 Å². The Morgan fingerprint density at radius 2 is 0.974 bits per heavy atom. The second-order valence-corrected chi connectivity index (χ2v) is 10.5. The minimum Gasteiger partial charge on any atom is -0.462 e. The average Bonchev–Trinajstić information content (AvgIpc) is 2.92. The summed E-state index contributed by atoms with van der Waals surface area (Å²) in [5, 5.41) is 9.47. The van der Waals surface area contributed by atoms with E-state index in [0.717, 1.165) is 51.4 Å². The van der Waals surface area contributed by atoms with Crippen LogP contribution in [-0.2, 0) is 19.1 Å². The van der Waals surface area contributed by atoms with Crippen LogP contribution >= 0.6 is 0 Å². The summed E-state index contributed by atoms with van der Waals surface area (Å²) in [5.74, 6) is -0.615. The van der Waals surface area contributed by atoms with Crippen molar-refractivity contribution in [3.05, 3.63) is 24.3 Å². The number of carbonyl (C=O) groups is 2. The van der Waals surface area contributed by atoms with Crippen LogP contribution in [0.25, 0.3) is 0 Å². The Labute approximate surface area is 234 Å². The molecule has 0 spiro atoms. The molecule has 0 rings (SSSR count). The number of unbranched alkanes of at least 4 members (excludes halogenated alkanes) is 16. The van der Waals surface area contributed by atoms with Crippen molar-refractivity contribution < 1.29 is 24.2 Å². The van der Waals surface area contributed by atoms with Gasteiger partial charge in [0.1, 0.15) is 6.61 Å². The lowest BCUT2D eigenvalue weighted by atomic mass is 10.1. The van der Waals surface area contributed by atoms with Gasteiger partial charge in [0.05, 0.1) is 6.61 Å². The monoisotopic (exact) mass is 536 g/mol. The van der Waals surface area contributed by atoms with Crippen molar-refractivity contribution in [3.8, 4) is 0 Å². The third kappa shape index (κ3) is 27.4. The number of allylic oxidation sites excluding steroid dienone is 4. The molecule has 0 aromatic carbocycles. The molecule has 0 radical (unpaired) electrons. The topological polar surface area (TPSA) is 72.8 Å². The Bertz CT molecular complexity index is 584. The number of carbonyl (C=O) groups excluding carboxylic acids is 2. The zero-order valence-corrected chi connectivity index (χ0v) is 24.9. The molecule has 222 valence electrons. The van der Waals surface area contributed by atoms with Crippen molar-refractivity contribution in [2.75, 3.05) is 13.2 Å². The zero-order chi connectivity index (χ0) is 27.9. The van der Waals surface area contributed by atoms with Gasteiger partial charge < -0.3 is 14.6 Å². The maximum Gasteiger partial charge on any atom is 0.306 e. The standard InChI is InChI=1S/C33H60O5/c1-3-5-7-9-11-13-15-17-19-21-23-25-27-32(35)37-30-31(29-34)38-33(36)28-26-24-22-20-18-16-14-12-10-8-6-4-2/h11-14,31,34H,3-10,15-30H2,1-2H3/b13-11-,14-12-/t31-/m0/s1. The van der Waals surface area contributed by atoms with Crippen molar-refractivity contribution >= 4 is 11.9 Å². The first kappa shape index (κ1) is 36.4. The van der Waals surface area contributed by atoms with Crippen LogP contribution in [0.5, 0.6) is 0 Å². The molecule has 0 heterocycles. The number of aliphatic hydroxyl groups is 1. The molecule has 0 amide bonds. The number of rotatable bonds is 28. The fourth-order valence-corrected chi connectivity index (χ4v) is 4.25. The van der Waals surface area contributed by atoms with E-state index in [-0.39, 0.29) is 25.2 Å². The van der Waals surface area contributed by atoms with E-state index in [1.165, 1.54) is 77.0 Å². The van der Waals surface area contributed by atoms with E-state index in [4.69, 9.17) is 9.47 Å². The maximum atomic E-state index is 12.0. The molecule has 0 fully saturated rings. The molecule has 1 N–H and O–H groups in total. The van der Waals surface area contributed by atoms with Gasteiger partial charge in [0.15, 0.2) is 6.10 Å². The Hall–Kier alpha value is -1.62. The van der Waals surface area contributed by atoms with Crippen LogP contribution in [0.2, 0.25) is 0 Å². The first-order chi connectivity index (χ1) is 18.6. The van der Waals surface area contributed by atoms with Gasteiger partial charge in [0.25, 0.3) is 0 Å². The summed E-state index contributed by atoms with van der Waals surface area (Å²) in [5.41, 5.74) is 0. The predicted octanol–water partition coefficient (Wildman–Crippen LogP) is 9.17. The van der Waals surface area contributed by atoms with Gasteiger partial charge in [-0.1, -0.05) is 102 Å². The van der Waals surface area contributed by atoms with E-state index in [9.17, 15) is 14.7 Å². The van der Waals surface area contributed by atoms with Gasteiger partial charge in [0.2, 0.25) is 0 Å². The molecule has 1 atom stereocenters. The van der Waals surface area contributed by atoms with Crippen molar-refractivity contribution in [2.24, 2.45) is 0 Å². The van der Waals surface area contributed by atoms with Crippen molar-refractivity contribution in [2.45, 2.75) is 161 Å². The Morgan fingerprint density at radius 3 is 1.42 bits per heavy atom. The summed E-state index contributed by atoms with van der Waals surface area (Å²) in [6.07, 6.45) is 32.2. The van der Waals surface area contributed by atoms with Crippen LogP contribution < -0.4 is 0 Å². The van der Waals surface area contributed by atoms with Crippen molar-refractivity contribution in [3.63, 3.8) is 0 Å². The number of aliphatic hydroxyl groups excluding tert-OH is 1. The van der Waals surface area contributed by atoms with E-state index < -0.39 is 6.10 Å². The molecule has 5 heteroatoms. The summed E-state index contributed by atoms with van der Waals surface area (Å²) < 4.78 is 10.5. The van der Waals surface area contributed by atoms with E-state index in [2.05, 4.69) is 38.2 Å². The van der Waals surface area contributed by atoms with Gasteiger partial charge >= 0.3 is 11.9 Å². The highest BCUT2D eigenvalue weighted by Crippen LogP contribution is 2.11. The molecule has 0 saturated heterocycles. The normalized spacial score (nSPS) is 12.4. The van der Waals surface area contributed by atoms with Gasteiger partial charge in [-0.3, -0.25) is 9.59 Å². The van der Waals surface area contributed by atoms with Crippen LogP contribution in [0.15, 0.2) is 24.3 Å². The first-order valence-corrected chi connectivity index (χ1v) is 15.9. The average molecular weight is 537 g/mol. The van der Waals surface area contributed by atoms with Crippen LogP contribution in [0.3, 0.4) is 0 Å². The van der Waals surface area contributed by atoms with E-state index >= 15 is 0 Å². The highest BCUT2D eigenvalue weighted by molar-refractivity contribution is 5.70. The molecular weight excluding hydrogens is 476 g/mol. The smallest absolute Gasteiger partial charge is 0.306 e. The minimum absolute atomic E-state index is 0.0718. The summed E-state index contributed by atoms with van der Waals surface area (Å²) >= 11 is 0. The minimum atomic E-state index is -0.773. The fourth-order valence-electron chi connectivity index (χ4n) is 4.25. The number of esters is 2. The predicted molar refractivity (Wildman–Crippen MR) is 159 cm³/mol. The third-order valence-electron chi connectivity index (χ3n) is 6.72. The van der Waals surface area contributed by atoms with Crippen LogP contribution in [0.4, 0.5) is 0 Å². The molecular formula is C33H60O5. The summed E-state index contributed by atoms with van der Waals surface area (Å²) in [6.45, 7) is 4.05. The lowest BCUT2D eigenvalue weighted by Gasteiger charge is -2.15.